The van der Waals surface area contributed by atoms with Crippen LogP contribution in [0, 0.1) is 5.92 Å². The molecule has 20 heavy (non-hydrogen) atoms. The summed E-state index contributed by atoms with van der Waals surface area (Å²) in [7, 11) is 0. The SMILES string of the molecule is CCOC(=O)[C@H]1CCCN(C(=O)CCn2cccn2)C1. The van der Waals surface area contributed by atoms with Crippen LogP contribution in [0.25, 0.3) is 0 Å². The number of ether oxygens (including phenoxy) is 1. The van der Waals surface area contributed by atoms with E-state index in [2.05, 4.69) is 5.10 Å². The van der Waals surface area contributed by atoms with E-state index < -0.39 is 0 Å². The number of likely N-dealkylation sites (tertiary alicyclic amines) is 1. The molecule has 0 saturated carbocycles. The van der Waals surface area contributed by atoms with E-state index in [4.69, 9.17) is 4.74 Å². The normalized spacial score (nSPS) is 18.9. The van der Waals surface area contributed by atoms with Gasteiger partial charge in [0.05, 0.1) is 12.5 Å². The van der Waals surface area contributed by atoms with Crippen molar-refractivity contribution >= 4 is 11.9 Å². The lowest BCUT2D eigenvalue weighted by molar-refractivity contribution is -0.151. The lowest BCUT2D eigenvalue weighted by atomic mass is 9.98. The molecule has 0 spiro atoms. The maximum atomic E-state index is 12.2. The summed E-state index contributed by atoms with van der Waals surface area (Å²) < 4.78 is 6.78. The number of carbonyl (C=O) groups is 2. The lowest BCUT2D eigenvalue weighted by Gasteiger charge is -2.31. The van der Waals surface area contributed by atoms with Crippen LogP contribution in [0.2, 0.25) is 0 Å². The minimum absolute atomic E-state index is 0.0782. The first-order valence-electron chi connectivity index (χ1n) is 7.12. The third-order valence-electron chi connectivity index (χ3n) is 3.51. The van der Waals surface area contributed by atoms with Gasteiger partial charge in [0.15, 0.2) is 0 Å². The number of aryl methyl sites for hydroxylation is 1. The number of amides is 1. The molecule has 0 unspecified atom stereocenters. The van der Waals surface area contributed by atoms with Crippen molar-refractivity contribution in [3.63, 3.8) is 0 Å². The van der Waals surface area contributed by atoms with Crippen LogP contribution in [-0.2, 0) is 20.9 Å². The smallest absolute Gasteiger partial charge is 0.310 e. The fourth-order valence-corrected chi connectivity index (χ4v) is 2.46. The van der Waals surface area contributed by atoms with Gasteiger partial charge in [0.2, 0.25) is 5.91 Å². The van der Waals surface area contributed by atoms with Gasteiger partial charge in [-0.3, -0.25) is 14.3 Å². The van der Waals surface area contributed by atoms with E-state index in [0.29, 0.717) is 26.1 Å². The maximum absolute atomic E-state index is 12.2. The Morgan fingerprint density at radius 2 is 2.30 bits per heavy atom. The molecule has 1 aromatic rings. The Hall–Kier alpha value is -1.85. The predicted octanol–water partition coefficient (Wildman–Crippen LogP) is 1.07. The van der Waals surface area contributed by atoms with Gasteiger partial charge in [-0.15, -0.1) is 0 Å². The van der Waals surface area contributed by atoms with Crippen molar-refractivity contribution in [2.24, 2.45) is 5.92 Å². The van der Waals surface area contributed by atoms with Crippen LogP contribution >= 0.6 is 0 Å². The van der Waals surface area contributed by atoms with Crippen molar-refractivity contribution in [3.05, 3.63) is 18.5 Å². The first kappa shape index (κ1) is 14.6. The van der Waals surface area contributed by atoms with Crippen LogP contribution in [0.1, 0.15) is 26.2 Å². The van der Waals surface area contributed by atoms with Crippen molar-refractivity contribution < 1.29 is 14.3 Å². The van der Waals surface area contributed by atoms with Crippen LogP contribution in [0.3, 0.4) is 0 Å². The molecule has 1 aliphatic heterocycles. The van der Waals surface area contributed by atoms with Crippen molar-refractivity contribution in [3.8, 4) is 0 Å². The van der Waals surface area contributed by atoms with Crippen molar-refractivity contribution in [1.29, 1.82) is 0 Å². The average Bonchev–Trinajstić information content (AvgIpc) is 2.98. The highest BCUT2D eigenvalue weighted by Crippen LogP contribution is 2.18. The Labute approximate surface area is 118 Å². The monoisotopic (exact) mass is 279 g/mol. The second-order valence-corrected chi connectivity index (χ2v) is 4.95. The van der Waals surface area contributed by atoms with Crippen LogP contribution in [0.4, 0.5) is 0 Å². The molecule has 1 fully saturated rings. The molecule has 1 saturated heterocycles. The highest BCUT2D eigenvalue weighted by molar-refractivity contribution is 5.78. The molecule has 0 bridgehead atoms. The number of esters is 1. The van der Waals surface area contributed by atoms with Gasteiger partial charge >= 0.3 is 5.97 Å². The minimum atomic E-state index is -0.183. The van der Waals surface area contributed by atoms with Crippen LogP contribution < -0.4 is 0 Å². The minimum Gasteiger partial charge on any atom is -0.466 e. The van der Waals surface area contributed by atoms with Gasteiger partial charge in [0.1, 0.15) is 0 Å². The summed E-state index contributed by atoms with van der Waals surface area (Å²) in [6, 6.07) is 1.84. The molecule has 1 aliphatic rings. The molecule has 0 N–H and O–H groups in total. The molecule has 6 nitrogen and oxygen atoms in total. The molecule has 6 heteroatoms. The average molecular weight is 279 g/mol. The molecule has 1 atom stereocenters. The molecular formula is C14H21N3O3. The first-order chi connectivity index (χ1) is 9.70. The number of hydrogen-bond acceptors (Lipinski definition) is 4. The van der Waals surface area contributed by atoms with Gasteiger partial charge in [-0.1, -0.05) is 0 Å². The number of nitrogens with zero attached hydrogens (tertiary/aromatic N) is 3. The zero-order valence-corrected chi connectivity index (χ0v) is 11.8. The molecule has 1 amide bonds. The second kappa shape index (κ2) is 7.07. The molecule has 0 aromatic carbocycles. The van der Waals surface area contributed by atoms with Gasteiger partial charge in [0.25, 0.3) is 0 Å². The highest BCUT2D eigenvalue weighted by Gasteiger charge is 2.28. The topological polar surface area (TPSA) is 64.4 Å². The predicted molar refractivity (Wildman–Crippen MR) is 72.8 cm³/mol. The summed E-state index contributed by atoms with van der Waals surface area (Å²) in [6.45, 7) is 3.98. The van der Waals surface area contributed by atoms with E-state index in [1.54, 1.807) is 22.7 Å². The molecule has 0 radical (unpaired) electrons. The Morgan fingerprint density at radius 1 is 1.45 bits per heavy atom. The number of carbonyl (C=O) groups excluding carboxylic acids is 2. The highest BCUT2D eigenvalue weighted by atomic mass is 16.5. The summed E-state index contributed by atoms with van der Waals surface area (Å²) in [5.41, 5.74) is 0. The van der Waals surface area contributed by atoms with Gasteiger partial charge in [-0.05, 0) is 25.8 Å². The summed E-state index contributed by atoms with van der Waals surface area (Å²) in [4.78, 5) is 25.7. The van der Waals surface area contributed by atoms with Crippen molar-refractivity contribution in [2.75, 3.05) is 19.7 Å². The Bertz CT molecular complexity index is 445. The van der Waals surface area contributed by atoms with E-state index in [1.165, 1.54) is 0 Å². The molecule has 1 aromatic heterocycles. The van der Waals surface area contributed by atoms with Crippen molar-refractivity contribution in [1.82, 2.24) is 14.7 Å². The Kier molecular flexibility index (Phi) is 5.15. The zero-order chi connectivity index (χ0) is 14.4. The summed E-state index contributed by atoms with van der Waals surface area (Å²) in [6.07, 6.45) is 5.61. The number of piperidine rings is 1. The summed E-state index contributed by atoms with van der Waals surface area (Å²) in [5, 5.41) is 4.07. The van der Waals surface area contributed by atoms with Crippen LogP contribution in [0.5, 0.6) is 0 Å². The number of rotatable bonds is 5. The van der Waals surface area contributed by atoms with E-state index in [9.17, 15) is 9.59 Å². The fourth-order valence-electron chi connectivity index (χ4n) is 2.46. The van der Waals surface area contributed by atoms with E-state index in [-0.39, 0.29) is 17.8 Å². The third kappa shape index (κ3) is 3.82. The fraction of sp³-hybridized carbons (Fsp3) is 0.643. The van der Waals surface area contributed by atoms with E-state index in [0.717, 1.165) is 19.4 Å². The van der Waals surface area contributed by atoms with Crippen LogP contribution in [-0.4, -0.2) is 46.3 Å². The van der Waals surface area contributed by atoms with E-state index >= 15 is 0 Å². The Balaban J connectivity index is 1.81. The zero-order valence-electron chi connectivity index (χ0n) is 11.8. The molecule has 2 rings (SSSR count). The summed E-state index contributed by atoms with van der Waals surface area (Å²) in [5.74, 6) is -0.274. The second-order valence-electron chi connectivity index (χ2n) is 4.95. The summed E-state index contributed by atoms with van der Waals surface area (Å²) >= 11 is 0. The molecule has 2 heterocycles. The molecule has 110 valence electrons. The quantitative estimate of drug-likeness (QED) is 0.756. The van der Waals surface area contributed by atoms with Gasteiger partial charge < -0.3 is 9.64 Å². The first-order valence-corrected chi connectivity index (χ1v) is 7.12. The largest absolute Gasteiger partial charge is 0.466 e. The van der Waals surface area contributed by atoms with Gasteiger partial charge in [-0.2, -0.15) is 5.10 Å². The third-order valence-corrected chi connectivity index (χ3v) is 3.51. The maximum Gasteiger partial charge on any atom is 0.310 e. The van der Waals surface area contributed by atoms with Gasteiger partial charge in [-0.25, -0.2) is 0 Å². The standard InChI is InChI=1S/C14H21N3O3/c1-2-20-14(19)12-5-3-8-16(11-12)13(18)6-10-17-9-4-7-15-17/h4,7,9,12H,2-3,5-6,8,10-11H2,1H3/t12-/m0/s1. The Morgan fingerprint density at radius 3 is 3.00 bits per heavy atom. The number of hydrogen-bond donors (Lipinski definition) is 0. The van der Waals surface area contributed by atoms with Crippen LogP contribution in [0.15, 0.2) is 18.5 Å². The van der Waals surface area contributed by atoms with Crippen molar-refractivity contribution in [2.45, 2.75) is 32.7 Å². The number of aromatic nitrogens is 2. The van der Waals surface area contributed by atoms with Gasteiger partial charge in [0, 0.05) is 38.4 Å². The lowest BCUT2D eigenvalue weighted by Crippen LogP contribution is -2.43. The van der Waals surface area contributed by atoms with E-state index in [1.807, 2.05) is 12.3 Å². The molecular weight excluding hydrogens is 258 g/mol. The molecule has 0 aliphatic carbocycles.